The van der Waals surface area contributed by atoms with Gasteiger partial charge in [-0.15, -0.1) is 0 Å². The van der Waals surface area contributed by atoms with Crippen molar-refractivity contribution in [2.45, 2.75) is 398 Å². The molecule has 0 spiro atoms. The van der Waals surface area contributed by atoms with E-state index in [9.17, 15) is 19.4 Å². The molecule has 0 aliphatic carbocycles. The van der Waals surface area contributed by atoms with Crippen molar-refractivity contribution < 1.29 is 32.9 Å². The number of rotatable bonds is 71. The minimum absolute atomic E-state index is 0.00460. The van der Waals surface area contributed by atoms with E-state index in [4.69, 9.17) is 9.05 Å². The number of aliphatic hydroxyl groups excluding tert-OH is 1. The van der Waals surface area contributed by atoms with Gasteiger partial charge < -0.3 is 28.8 Å². The Morgan fingerprint density at radius 1 is 0.407 bits per heavy atom. The van der Waals surface area contributed by atoms with Gasteiger partial charge in [0.15, 0.2) is 0 Å². The average molecular weight is 1230 g/mol. The van der Waals surface area contributed by atoms with Gasteiger partial charge in [0.25, 0.3) is 7.82 Å². The van der Waals surface area contributed by atoms with Crippen LogP contribution in [0.15, 0.2) is 48.6 Å². The summed E-state index contributed by atoms with van der Waals surface area (Å²) in [6.45, 7) is 4.68. The minimum atomic E-state index is -4.61. The highest BCUT2D eigenvalue weighted by Crippen LogP contribution is 2.38. The van der Waals surface area contributed by atoms with E-state index in [0.29, 0.717) is 17.4 Å². The molecule has 0 rings (SSSR count). The van der Waals surface area contributed by atoms with Crippen molar-refractivity contribution in [3.05, 3.63) is 48.6 Å². The van der Waals surface area contributed by atoms with E-state index in [0.717, 1.165) is 44.9 Å². The number of carbonyl (C=O) groups excluding carboxylic acids is 1. The first-order valence-electron chi connectivity index (χ1n) is 38.0. The van der Waals surface area contributed by atoms with Gasteiger partial charge in [-0.2, -0.15) is 0 Å². The van der Waals surface area contributed by atoms with E-state index in [1.807, 2.05) is 27.2 Å². The van der Waals surface area contributed by atoms with Crippen molar-refractivity contribution >= 4 is 13.7 Å². The molecule has 0 heterocycles. The number of nitrogens with one attached hydrogen (secondary N) is 1. The molecule has 0 aliphatic heterocycles. The van der Waals surface area contributed by atoms with Gasteiger partial charge in [0.1, 0.15) is 13.2 Å². The van der Waals surface area contributed by atoms with Crippen LogP contribution in [0.3, 0.4) is 0 Å². The molecule has 0 aromatic rings. The number of phosphoric ester groups is 1. The molecule has 3 atom stereocenters. The topological polar surface area (TPSA) is 108 Å². The molecule has 0 bridgehead atoms. The Bertz CT molecular complexity index is 1540. The maximum absolute atomic E-state index is 13.1. The third kappa shape index (κ3) is 69.9. The van der Waals surface area contributed by atoms with Crippen molar-refractivity contribution in [2.75, 3.05) is 40.9 Å². The molecular formula is C77H149N2O6P. The number of quaternary nitrogens is 1. The summed E-state index contributed by atoms with van der Waals surface area (Å²) in [6, 6.07) is -0.904. The highest BCUT2D eigenvalue weighted by Gasteiger charge is 2.23. The number of unbranched alkanes of at least 4 members (excludes halogenated alkanes) is 52. The van der Waals surface area contributed by atoms with Crippen molar-refractivity contribution in [3.8, 4) is 0 Å². The lowest BCUT2D eigenvalue weighted by atomic mass is 10.0. The Hall–Kier alpha value is -1.54. The molecule has 8 nitrogen and oxygen atoms in total. The first-order chi connectivity index (χ1) is 42.0. The summed E-state index contributed by atoms with van der Waals surface area (Å²) < 4.78 is 23.5. The van der Waals surface area contributed by atoms with Crippen molar-refractivity contribution in [2.24, 2.45) is 0 Å². The predicted octanol–water partition coefficient (Wildman–Crippen LogP) is 23.9. The Labute approximate surface area is 537 Å². The number of carbonyl (C=O) groups is 1. The first kappa shape index (κ1) is 84.5. The zero-order chi connectivity index (χ0) is 62.6. The van der Waals surface area contributed by atoms with E-state index in [1.165, 1.54) is 321 Å². The van der Waals surface area contributed by atoms with Gasteiger partial charge in [0, 0.05) is 6.42 Å². The Morgan fingerprint density at radius 2 is 0.686 bits per heavy atom. The predicted molar refractivity (Wildman–Crippen MR) is 376 cm³/mol. The van der Waals surface area contributed by atoms with Crippen LogP contribution in [-0.4, -0.2) is 68.5 Å². The van der Waals surface area contributed by atoms with Gasteiger partial charge in [-0.1, -0.05) is 364 Å². The summed E-state index contributed by atoms with van der Waals surface area (Å²) in [6.07, 6.45) is 92.7. The zero-order valence-corrected chi connectivity index (χ0v) is 59.2. The molecule has 508 valence electrons. The van der Waals surface area contributed by atoms with Gasteiger partial charge in [0.2, 0.25) is 5.91 Å². The normalized spacial score (nSPS) is 13.8. The number of amides is 1. The second-order valence-electron chi connectivity index (χ2n) is 27.4. The molecule has 0 aromatic carbocycles. The highest BCUT2D eigenvalue weighted by molar-refractivity contribution is 7.45. The van der Waals surface area contributed by atoms with Gasteiger partial charge in [-0.25, -0.2) is 0 Å². The largest absolute Gasteiger partial charge is 0.756 e. The Balaban J connectivity index is 3.96. The third-order valence-electron chi connectivity index (χ3n) is 17.5. The van der Waals surface area contributed by atoms with Gasteiger partial charge in [0.05, 0.1) is 39.9 Å². The number of nitrogens with zero attached hydrogens (tertiary/aromatic N) is 1. The molecule has 1 amide bonds. The van der Waals surface area contributed by atoms with Crippen LogP contribution in [0.2, 0.25) is 0 Å². The maximum Gasteiger partial charge on any atom is 0.268 e. The molecule has 3 unspecified atom stereocenters. The second-order valence-corrected chi connectivity index (χ2v) is 28.8. The first-order valence-corrected chi connectivity index (χ1v) is 39.5. The molecule has 0 aromatic heterocycles. The van der Waals surface area contributed by atoms with Crippen LogP contribution in [-0.2, 0) is 18.4 Å². The average Bonchev–Trinajstić information content (AvgIpc) is 3.70. The van der Waals surface area contributed by atoms with Gasteiger partial charge >= 0.3 is 0 Å². The van der Waals surface area contributed by atoms with Crippen LogP contribution < -0.4 is 10.2 Å². The number of hydrogen-bond acceptors (Lipinski definition) is 6. The summed E-state index contributed by atoms with van der Waals surface area (Å²) >= 11 is 0. The SMILES string of the molecule is CCCCCCC/C=C\C/C=C\CCCCCCCCCCCCCCCCCCCCCCCCCCCCCC(=O)NC(COP(=O)([O-])OCC[N+](C)(C)C)C(O)/C=C/CC/C=C/CCCCCCCCCCCCCCCCCCCCC. The summed E-state index contributed by atoms with van der Waals surface area (Å²) in [7, 11) is 1.26. The maximum atomic E-state index is 13.1. The second kappa shape index (κ2) is 67.8. The van der Waals surface area contributed by atoms with E-state index < -0.39 is 20.0 Å². The summed E-state index contributed by atoms with van der Waals surface area (Å²) in [4.78, 5) is 25.7. The standard InChI is InChI=1S/C77H149N2O6P/c1-6-8-10-12-14-16-18-20-22-24-26-28-30-32-33-34-35-36-37-38-39-40-41-42-43-44-45-47-49-51-53-55-57-59-61-63-65-67-69-71-77(81)78-75(74-85-86(82,83)84-73-72-79(3,4)5)76(80)70-68-66-64-62-60-58-56-54-52-50-48-46-31-29-27-25-23-21-19-17-15-13-11-9-7-2/h18,20,24,26,60,62,68,70,75-76,80H,6-17,19,21-23,25,27-59,61,63-67,69,71-74H2,1-5H3,(H-,78,81,82,83)/b20-18-,26-24-,62-60+,70-68+. The molecular weight excluding hydrogens is 1080 g/mol. The number of allylic oxidation sites excluding steroid dienone is 7. The summed E-state index contributed by atoms with van der Waals surface area (Å²) in [5, 5.41) is 14.0. The Kier molecular flexibility index (Phi) is 66.6. The van der Waals surface area contributed by atoms with Crippen LogP contribution in [0.5, 0.6) is 0 Å². The highest BCUT2D eigenvalue weighted by atomic mass is 31.2. The van der Waals surface area contributed by atoms with Crippen molar-refractivity contribution in [1.82, 2.24) is 5.32 Å². The summed E-state index contributed by atoms with van der Waals surface area (Å²) in [5.41, 5.74) is 0. The van der Waals surface area contributed by atoms with E-state index in [2.05, 4.69) is 55.6 Å². The molecule has 0 saturated heterocycles. The van der Waals surface area contributed by atoms with E-state index >= 15 is 0 Å². The molecule has 86 heavy (non-hydrogen) atoms. The minimum Gasteiger partial charge on any atom is -0.756 e. The Morgan fingerprint density at radius 3 is 1.01 bits per heavy atom. The van der Waals surface area contributed by atoms with Crippen molar-refractivity contribution in [1.29, 1.82) is 0 Å². The number of aliphatic hydroxyl groups is 1. The van der Waals surface area contributed by atoms with Crippen LogP contribution >= 0.6 is 7.82 Å². The number of hydrogen-bond donors (Lipinski definition) is 2. The number of likely N-dealkylation sites (N-methyl/N-ethyl adjacent to an activating group) is 1. The summed E-state index contributed by atoms with van der Waals surface area (Å²) in [5.74, 6) is -0.199. The molecule has 0 radical (unpaired) electrons. The lowest BCUT2D eigenvalue weighted by Gasteiger charge is -2.29. The molecule has 0 aliphatic rings. The third-order valence-corrected chi connectivity index (χ3v) is 18.5. The number of phosphoric acid groups is 1. The van der Waals surface area contributed by atoms with E-state index in [1.54, 1.807) is 6.08 Å². The molecule has 0 fully saturated rings. The van der Waals surface area contributed by atoms with Gasteiger partial charge in [-0.3, -0.25) is 9.36 Å². The molecule has 9 heteroatoms. The monoisotopic (exact) mass is 1230 g/mol. The molecule has 2 N–H and O–H groups in total. The van der Waals surface area contributed by atoms with Crippen LogP contribution in [0, 0.1) is 0 Å². The smallest absolute Gasteiger partial charge is 0.268 e. The van der Waals surface area contributed by atoms with Crippen LogP contribution in [0.1, 0.15) is 386 Å². The zero-order valence-electron chi connectivity index (χ0n) is 58.3. The van der Waals surface area contributed by atoms with Crippen LogP contribution in [0.25, 0.3) is 0 Å². The fraction of sp³-hybridized carbons (Fsp3) is 0.883. The quantitative estimate of drug-likeness (QED) is 0.0272. The lowest BCUT2D eigenvalue weighted by molar-refractivity contribution is -0.870. The lowest BCUT2D eigenvalue weighted by Crippen LogP contribution is -2.45. The fourth-order valence-electron chi connectivity index (χ4n) is 11.6. The van der Waals surface area contributed by atoms with Crippen molar-refractivity contribution in [3.63, 3.8) is 0 Å². The van der Waals surface area contributed by atoms with Gasteiger partial charge in [-0.05, 0) is 64.2 Å². The molecule has 0 saturated carbocycles. The van der Waals surface area contributed by atoms with Crippen LogP contribution in [0.4, 0.5) is 0 Å². The fourth-order valence-corrected chi connectivity index (χ4v) is 12.3. The van der Waals surface area contributed by atoms with E-state index in [-0.39, 0.29) is 19.1 Å².